The molecule has 0 spiro atoms. The molecule has 0 saturated carbocycles. The van der Waals surface area contributed by atoms with Gasteiger partial charge in [0.1, 0.15) is 5.82 Å². The fourth-order valence-electron chi connectivity index (χ4n) is 3.54. The van der Waals surface area contributed by atoms with Gasteiger partial charge in [0.2, 0.25) is 17.6 Å². The lowest BCUT2D eigenvalue weighted by molar-refractivity contribution is -0.122. The van der Waals surface area contributed by atoms with Gasteiger partial charge in [0, 0.05) is 43.3 Å². The molecule has 1 saturated heterocycles. The molecule has 1 N–H and O–H groups in total. The summed E-state index contributed by atoms with van der Waals surface area (Å²) in [6.07, 6.45) is 0. The molecule has 0 radical (unpaired) electrons. The summed E-state index contributed by atoms with van der Waals surface area (Å²) in [4.78, 5) is 21.1. The molecule has 2 heterocycles. The van der Waals surface area contributed by atoms with Crippen LogP contribution in [0.15, 0.2) is 47.0 Å². The zero-order chi connectivity index (χ0) is 22.5. The van der Waals surface area contributed by atoms with Crippen LogP contribution in [0.2, 0.25) is 5.02 Å². The van der Waals surface area contributed by atoms with Crippen molar-refractivity contribution in [3.63, 3.8) is 0 Å². The number of piperazine rings is 1. The van der Waals surface area contributed by atoms with E-state index in [1.165, 1.54) is 6.07 Å². The first-order valence-electron chi connectivity index (χ1n) is 10.5. The van der Waals surface area contributed by atoms with Crippen molar-refractivity contribution in [2.75, 3.05) is 32.7 Å². The van der Waals surface area contributed by atoms with Gasteiger partial charge in [0.05, 0.1) is 13.1 Å². The number of amides is 1. The van der Waals surface area contributed by atoms with E-state index in [9.17, 15) is 9.18 Å². The molecular formula is C23H25ClFN5O2. The van der Waals surface area contributed by atoms with Crippen molar-refractivity contribution in [1.29, 1.82) is 0 Å². The van der Waals surface area contributed by atoms with Crippen LogP contribution in [0.1, 0.15) is 17.0 Å². The highest BCUT2D eigenvalue weighted by atomic mass is 35.5. The van der Waals surface area contributed by atoms with Crippen molar-refractivity contribution in [2.24, 2.45) is 0 Å². The van der Waals surface area contributed by atoms with E-state index in [1.807, 2.05) is 18.2 Å². The average molecular weight is 458 g/mol. The Hall–Kier alpha value is -2.81. The zero-order valence-electron chi connectivity index (χ0n) is 17.9. The van der Waals surface area contributed by atoms with E-state index in [0.29, 0.717) is 41.9 Å². The second kappa shape index (κ2) is 10.2. The fourth-order valence-corrected chi connectivity index (χ4v) is 3.66. The molecule has 4 rings (SSSR count). The number of nitrogens with one attached hydrogen (secondary N) is 1. The topological polar surface area (TPSA) is 74.5 Å². The quantitative estimate of drug-likeness (QED) is 0.587. The van der Waals surface area contributed by atoms with Gasteiger partial charge >= 0.3 is 0 Å². The van der Waals surface area contributed by atoms with Crippen LogP contribution in [-0.4, -0.2) is 58.6 Å². The van der Waals surface area contributed by atoms with E-state index in [-0.39, 0.29) is 11.7 Å². The highest BCUT2D eigenvalue weighted by Crippen LogP contribution is 2.19. The number of hydrogen-bond acceptors (Lipinski definition) is 6. The van der Waals surface area contributed by atoms with E-state index in [4.69, 9.17) is 16.1 Å². The summed E-state index contributed by atoms with van der Waals surface area (Å²) in [5, 5.41) is 7.57. The van der Waals surface area contributed by atoms with Crippen molar-refractivity contribution in [1.82, 2.24) is 25.3 Å². The van der Waals surface area contributed by atoms with Crippen molar-refractivity contribution in [2.45, 2.75) is 20.0 Å². The monoisotopic (exact) mass is 457 g/mol. The average Bonchev–Trinajstić information content (AvgIpc) is 3.25. The normalized spacial score (nSPS) is 15.1. The lowest BCUT2D eigenvalue weighted by atomic mass is 10.1. The third-order valence-corrected chi connectivity index (χ3v) is 5.74. The maximum Gasteiger partial charge on any atom is 0.241 e. The molecule has 2 aromatic carbocycles. The fraction of sp³-hybridized carbons (Fsp3) is 0.348. The Kier molecular flexibility index (Phi) is 7.14. The van der Waals surface area contributed by atoms with Crippen molar-refractivity contribution >= 4 is 17.5 Å². The number of nitrogens with zero attached hydrogens (tertiary/aromatic N) is 4. The summed E-state index contributed by atoms with van der Waals surface area (Å²) in [6, 6.07) is 12.3. The number of aryl methyl sites for hydroxylation is 1. The van der Waals surface area contributed by atoms with E-state index >= 15 is 0 Å². The van der Waals surface area contributed by atoms with Gasteiger partial charge < -0.3 is 9.84 Å². The van der Waals surface area contributed by atoms with Gasteiger partial charge in [-0.1, -0.05) is 28.9 Å². The Morgan fingerprint density at radius 3 is 2.56 bits per heavy atom. The predicted molar refractivity (Wildman–Crippen MR) is 119 cm³/mol. The maximum absolute atomic E-state index is 13.6. The van der Waals surface area contributed by atoms with Crippen molar-refractivity contribution < 1.29 is 13.7 Å². The largest absolute Gasteiger partial charge is 0.351 e. The Morgan fingerprint density at radius 1 is 1.12 bits per heavy atom. The Balaban J connectivity index is 1.20. The van der Waals surface area contributed by atoms with Crippen molar-refractivity contribution in [3.8, 4) is 11.4 Å². The summed E-state index contributed by atoms with van der Waals surface area (Å²) in [5.41, 5.74) is 2.21. The third-order valence-electron chi connectivity index (χ3n) is 5.49. The van der Waals surface area contributed by atoms with E-state index in [1.54, 1.807) is 25.1 Å². The molecule has 0 unspecified atom stereocenters. The van der Waals surface area contributed by atoms with Crippen LogP contribution in [0.25, 0.3) is 11.4 Å². The lowest BCUT2D eigenvalue weighted by Crippen LogP contribution is -2.49. The summed E-state index contributed by atoms with van der Waals surface area (Å²) in [7, 11) is 0. The molecule has 1 aliphatic rings. The molecule has 1 aromatic heterocycles. The number of rotatable bonds is 7. The minimum absolute atomic E-state index is 0.0658. The first kappa shape index (κ1) is 22.4. The first-order valence-corrected chi connectivity index (χ1v) is 10.9. The third kappa shape index (κ3) is 5.91. The molecule has 3 aromatic rings. The summed E-state index contributed by atoms with van der Waals surface area (Å²) < 4.78 is 19.0. The molecule has 1 fully saturated rings. The van der Waals surface area contributed by atoms with Crippen LogP contribution < -0.4 is 5.32 Å². The standard InChI is InChI=1S/C23H25ClFN5O2/c1-16-2-3-17(12-20(16)25)13-26-21(31)14-29-8-10-30(11-9-29)15-22-27-23(28-32-22)18-4-6-19(24)7-5-18/h2-7,12H,8-11,13-15H2,1H3,(H,26,31). The van der Waals surface area contributed by atoms with Gasteiger partial charge in [-0.2, -0.15) is 4.98 Å². The number of hydrogen-bond donors (Lipinski definition) is 1. The number of carbonyl (C=O) groups is 1. The minimum Gasteiger partial charge on any atom is -0.351 e. The molecule has 0 bridgehead atoms. The van der Waals surface area contributed by atoms with Crippen LogP contribution in [0, 0.1) is 12.7 Å². The highest BCUT2D eigenvalue weighted by Gasteiger charge is 2.21. The van der Waals surface area contributed by atoms with Gasteiger partial charge in [-0.05, 0) is 48.4 Å². The molecule has 1 amide bonds. The highest BCUT2D eigenvalue weighted by molar-refractivity contribution is 6.30. The van der Waals surface area contributed by atoms with Gasteiger partial charge in [0.15, 0.2) is 0 Å². The molecule has 1 aliphatic heterocycles. The van der Waals surface area contributed by atoms with Gasteiger partial charge in [-0.15, -0.1) is 0 Å². The van der Waals surface area contributed by atoms with E-state index in [0.717, 1.165) is 37.3 Å². The van der Waals surface area contributed by atoms with Gasteiger partial charge in [0.25, 0.3) is 0 Å². The molecule has 0 aliphatic carbocycles. The zero-order valence-corrected chi connectivity index (χ0v) is 18.6. The summed E-state index contributed by atoms with van der Waals surface area (Å²) >= 11 is 5.92. The van der Waals surface area contributed by atoms with E-state index < -0.39 is 0 Å². The van der Waals surface area contributed by atoms with Gasteiger partial charge in [-0.3, -0.25) is 14.6 Å². The minimum atomic E-state index is -0.255. The van der Waals surface area contributed by atoms with Gasteiger partial charge in [-0.25, -0.2) is 4.39 Å². The Bertz CT molecular complexity index is 1060. The van der Waals surface area contributed by atoms with Crippen LogP contribution in [0.3, 0.4) is 0 Å². The molecule has 32 heavy (non-hydrogen) atoms. The van der Waals surface area contributed by atoms with Crippen LogP contribution in [-0.2, 0) is 17.9 Å². The first-order chi connectivity index (χ1) is 15.5. The SMILES string of the molecule is Cc1ccc(CNC(=O)CN2CCN(Cc3nc(-c4ccc(Cl)cc4)no3)CC2)cc1F. The van der Waals surface area contributed by atoms with Crippen LogP contribution in [0.4, 0.5) is 4.39 Å². The summed E-state index contributed by atoms with van der Waals surface area (Å²) in [5.74, 6) is 0.783. The number of aromatic nitrogens is 2. The van der Waals surface area contributed by atoms with Crippen molar-refractivity contribution in [3.05, 3.63) is 70.3 Å². The molecule has 0 atom stereocenters. The summed E-state index contributed by atoms with van der Waals surface area (Å²) in [6.45, 7) is 6.07. The smallest absolute Gasteiger partial charge is 0.241 e. The second-order valence-corrected chi connectivity index (χ2v) is 8.37. The molecule has 9 heteroatoms. The number of carbonyl (C=O) groups excluding carboxylic acids is 1. The maximum atomic E-state index is 13.6. The Labute approximate surface area is 191 Å². The van der Waals surface area contributed by atoms with Crippen LogP contribution in [0.5, 0.6) is 0 Å². The molecule has 7 nitrogen and oxygen atoms in total. The molecule has 168 valence electrons. The number of halogens is 2. The predicted octanol–water partition coefficient (Wildman–Crippen LogP) is 3.27. The second-order valence-electron chi connectivity index (χ2n) is 7.93. The van der Waals surface area contributed by atoms with Crippen LogP contribution >= 0.6 is 11.6 Å². The molecular weight excluding hydrogens is 433 g/mol. The lowest BCUT2D eigenvalue weighted by Gasteiger charge is -2.33. The number of benzene rings is 2. The van der Waals surface area contributed by atoms with E-state index in [2.05, 4.69) is 25.3 Å². The Morgan fingerprint density at radius 2 is 1.84 bits per heavy atom.